The molecule has 1 amide bonds. The van der Waals surface area contributed by atoms with Crippen LogP contribution in [0, 0.1) is 16.4 Å². The highest BCUT2D eigenvalue weighted by Crippen LogP contribution is 2.20. The molecule has 0 bridgehead atoms. The number of nitrogens with one attached hydrogen (secondary N) is 1. The molecule has 4 heteroatoms. The number of aromatic nitrogens is 1. The molecule has 90 valence electrons. The zero-order valence-corrected chi connectivity index (χ0v) is 11.9. The number of rotatable bonds is 2. The van der Waals surface area contributed by atoms with Gasteiger partial charge < -0.3 is 5.32 Å². The van der Waals surface area contributed by atoms with E-state index < -0.39 is 0 Å². The van der Waals surface area contributed by atoms with Gasteiger partial charge in [-0.25, -0.2) is 4.98 Å². The number of hydrogen-bond acceptors (Lipinski definition) is 2. The van der Waals surface area contributed by atoms with Gasteiger partial charge in [0.15, 0.2) is 0 Å². The third kappa shape index (κ3) is 3.28. The SMILES string of the molecule is Cc1nc(NC(=O)[C@H]2CC=CCC2)ccc1I. The summed E-state index contributed by atoms with van der Waals surface area (Å²) in [4.78, 5) is 16.3. The number of carbonyl (C=O) groups is 1. The van der Waals surface area contributed by atoms with E-state index in [4.69, 9.17) is 0 Å². The van der Waals surface area contributed by atoms with Crippen molar-refractivity contribution in [2.24, 2.45) is 5.92 Å². The molecule has 0 spiro atoms. The smallest absolute Gasteiger partial charge is 0.228 e. The minimum Gasteiger partial charge on any atom is -0.310 e. The van der Waals surface area contributed by atoms with Gasteiger partial charge in [-0.2, -0.15) is 0 Å². The molecule has 0 radical (unpaired) electrons. The van der Waals surface area contributed by atoms with E-state index >= 15 is 0 Å². The number of carbonyl (C=O) groups excluding carboxylic acids is 1. The summed E-state index contributed by atoms with van der Waals surface area (Å²) in [5, 5.41) is 2.89. The van der Waals surface area contributed by atoms with Crippen molar-refractivity contribution in [3.05, 3.63) is 33.5 Å². The molecule has 17 heavy (non-hydrogen) atoms. The molecular formula is C13H15IN2O. The summed E-state index contributed by atoms with van der Waals surface area (Å²) in [6.45, 7) is 1.95. The molecule has 0 aliphatic heterocycles. The zero-order chi connectivity index (χ0) is 12.3. The molecule has 0 fully saturated rings. The third-order valence-corrected chi connectivity index (χ3v) is 4.05. The summed E-state index contributed by atoms with van der Waals surface area (Å²) in [6.07, 6.45) is 7.00. The third-order valence-electron chi connectivity index (χ3n) is 2.91. The Labute approximate surface area is 115 Å². The predicted molar refractivity (Wildman–Crippen MR) is 76.8 cm³/mol. The Balaban J connectivity index is 2.02. The van der Waals surface area contributed by atoms with Crippen molar-refractivity contribution in [3.63, 3.8) is 0 Å². The van der Waals surface area contributed by atoms with E-state index in [2.05, 4.69) is 45.0 Å². The maximum atomic E-state index is 12.0. The van der Waals surface area contributed by atoms with Gasteiger partial charge in [0, 0.05) is 9.49 Å². The number of amides is 1. The summed E-state index contributed by atoms with van der Waals surface area (Å²) in [6, 6.07) is 3.82. The van der Waals surface area contributed by atoms with Crippen LogP contribution in [0.15, 0.2) is 24.3 Å². The number of nitrogens with zero attached hydrogens (tertiary/aromatic N) is 1. The van der Waals surface area contributed by atoms with Crippen LogP contribution in [-0.4, -0.2) is 10.9 Å². The Bertz CT molecular complexity index is 457. The normalized spacial score (nSPS) is 19.1. The van der Waals surface area contributed by atoms with Gasteiger partial charge in [-0.05, 0) is 60.9 Å². The lowest BCUT2D eigenvalue weighted by molar-refractivity contribution is -0.120. The van der Waals surface area contributed by atoms with Crippen molar-refractivity contribution in [1.29, 1.82) is 0 Å². The van der Waals surface area contributed by atoms with Crippen LogP contribution in [0.25, 0.3) is 0 Å². The first-order valence-electron chi connectivity index (χ1n) is 5.76. The Kier molecular flexibility index (Phi) is 4.15. The highest BCUT2D eigenvalue weighted by Gasteiger charge is 2.18. The molecule has 1 aliphatic rings. The lowest BCUT2D eigenvalue weighted by Crippen LogP contribution is -2.24. The number of halogens is 1. The quantitative estimate of drug-likeness (QED) is 0.662. The fraction of sp³-hybridized carbons (Fsp3) is 0.385. The van der Waals surface area contributed by atoms with Crippen LogP contribution >= 0.6 is 22.6 Å². The number of pyridine rings is 1. The zero-order valence-electron chi connectivity index (χ0n) is 9.74. The molecule has 1 atom stereocenters. The van der Waals surface area contributed by atoms with Crippen LogP contribution in [-0.2, 0) is 4.79 Å². The molecule has 2 rings (SSSR count). The highest BCUT2D eigenvalue weighted by atomic mass is 127. The molecule has 1 N–H and O–H groups in total. The molecule has 1 heterocycles. The van der Waals surface area contributed by atoms with Gasteiger partial charge >= 0.3 is 0 Å². The second-order valence-corrected chi connectivity index (χ2v) is 5.40. The average molecular weight is 342 g/mol. The van der Waals surface area contributed by atoms with Crippen molar-refractivity contribution >= 4 is 34.3 Å². The summed E-state index contributed by atoms with van der Waals surface area (Å²) in [5.41, 5.74) is 0.951. The summed E-state index contributed by atoms with van der Waals surface area (Å²) >= 11 is 2.23. The summed E-state index contributed by atoms with van der Waals surface area (Å²) < 4.78 is 1.11. The van der Waals surface area contributed by atoms with E-state index in [9.17, 15) is 4.79 Å². The molecule has 0 aromatic carbocycles. The van der Waals surface area contributed by atoms with Gasteiger partial charge in [-0.3, -0.25) is 4.79 Å². The Morgan fingerprint density at radius 3 is 2.94 bits per heavy atom. The Morgan fingerprint density at radius 2 is 2.29 bits per heavy atom. The van der Waals surface area contributed by atoms with Crippen molar-refractivity contribution in [2.45, 2.75) is 26.2 Å². The molecular weight excluding hydrogens is 327 g/mol. The largest absolute Gasteiger partial charge is 0.310 e. The fourth-order valence-electron chi connectivity index (χ4n) is 1.87. The molecule has 3 nitrogen and oxygen atoms in total. The number of aryl methyl sites for hydroxylation is 1. The van der Waals surface area contributed by atoms with E-state index in [1.54, 1.807) is 0 Å². The van der Waals surface area contributed by atoms with Crippen molar-refractivity contribution in [3.8, 4) is 0 Å². The van der Waals surface area contributed by atoms with E-state index in [1.165, 1.54) is 0 Å². The molecule has 1 aromatic heterocycles. The monoisotopic (exact) mass is 342 g/mol. The fourth-order valence-corrected chi connectivity index (χ4v) is 2.17. The summed E-state index contributed by atoms with van der Waals surface area (Å²) in [7, 11) is 0. The van der Waals surface area contributed by atoms with Gasteiger partial charge in [0.1, 0.15) is 5.82 Å². The molecule has 0 saturated carbocycles. The molecule has 0 saturated heterocycles. The first-order chi connectivity index (χ1) is 8.16. The maximum absolute atomic E-state index is 12.0. The second kappa shape index (κ2) is 5.62. The number of allylic oxidation sites excluding steroid dienone is 2. The van der Waals surface area contributed by atoms with Gasteiger partial charge in [-0.1, -0.05) is 12.2 Å². The molecule has 0 unspecified atom stereocenters. The lowest BCUT2D eigenvalue weighted by Gasteiger charge is -2.17. The van der Waals surface area contributed by atoms with Crippen LogP contribution in [0.2, 0.25) is 0 Å². The Morgan fingerprint density at radius 1 is 1.47 bits per heavy atom. The van der Waals surface area contributed by atoms with Crippen LogP contribution in [0.1, 0.15) is 25.0 Å². The van der Waals surface area contributed by atoms with E-state index in [0.717, 1.165) is 28.5 Å². The second-order valence-electron chi connectivity index (χ2n) is 4.23. The lowest BCUT2D eigenvalue weighted by atomic mass is 9.94. The first-order valence-corrected chi connectivity index (χ1v) is 6.83. The maximum Gasteiger partial charge on any atom is 0.228 e. The van der Waals surface area contributed by atoms with Crippen LogP contribution in [0.3, 0.4) is 0 Å². The van der Waals surface area contributed by atoms with Crippen LogP contribution < -0.4 is 5.32 Å². The van der Waals surface area contributed by atoms with E-state index in [0.29, 0.717) is 5.82 Å². The predicted octanol–water partition coefficient (Wildman–Crippen LogP) is 3.29. The Hall–Kier alpha value is -0.910. The molecule has 1 aliphatic carbocycles. The first kappa shape index (κ1) is 12.5. The number of hydrogen-bond donors (Lipinski definition) is 1. The minimum atomic E-state index is 0.0856. The van der Waals surface area contributed by atoms with Crippen LogP contribution in [0.5, 0.6) is 0 Å². The standard InChI is InChI=1S/C13H15IN2O/c1-9-11(14)7-8-12(15-9)16-13(17)10-5-3-2-4-6-10/h2-3,7-8,10H,4-6H2,1H3,(H,15,16,17)/t10-/m0/s1. The van der Waals surface area contributed by atoms with E-state index in [-0.39, 0.29) is 11.8 Å². The summed E-state index contributed by atoms with van der Waals surface area (Å²) in [5.74, 6) is 0.839. The van der Waals surface area contributed by atoms with Gasteiger partial charge in [0.2, 0.25) is 5.91 Å². The van der Waals surface area contributed by atoms with Crippen LogP contribution in [0.4, 0.5) is 5.82 Å². The van der Waals surface area contributed by atoms with Gasteiger partial charge in [0.25, 0.3) is 0 Å². The van der Waals surface area contributed by atoms with Crippen molar-refractivity contribution in [2.75, 3.05) is 5.32 Å². The molecule has 1 aromatic rings. The average Bonchev–Trinajstić information content (AvgIpc) is 2.35. The number of anilines is 1. The van der Waals surface area contributed by atoms with Crippen molar-refractivity contribution in [1.82, 2.24) is 4.98 Å². The minimum absolute atomic E-state index is 0.0856. The highest BCUT2D eigenvalue weighted by molar-refractivity contribution is 14.1. The van der Waals surface area contributed by atoms with Gasteiger partial charge in [-0.15, -0.1) is 0 Å². The topological polar surface area (TPSA) is 42.0 Å². The van der Waals surface area contributed by atoms with E-state index in [1.807, 2.05) is 19.1 Å². The van der Waals surface area contributed by atoms with Gasteiger partial charge in [0.05, 0.1) is 5.69 Å². The van der Waals surface area contributed by atoms with Crippen molar-refractivity contribution < 1.29 is 4.79 Å².